The van der Waals surface area contributed by atoms with Gasteiger partial charge in [0.05, 0.1) is 13.2 Å². The highest BCUT2D eigenvalue weighted by molar-refractivity contribution is 5.94. The highest BCUT2D eigenvalue weighted by Gasteiger charge is 2.21. The van der Waals surface area contributed by atoms with E-state index < -0.39 is 0 Å². The minimum atomic E-state index is -0.0225. The van der Waals surface area contributed by atoms with Gasteiger partial charge in [-0.05, 0) is 30.5 Å². The number of methoxy groups -OCH3 is 1. The molecule has 4 nitrogen and oxygen atoms in total. The van der Waals surface area contributed by atoms with Gasteiger partial charge in [0.2, 0.25) is 0 Å². The monoisotopic (exact) mass is 279 g/mol. The fourth-order valence-corrected chi connectivity index (χ4v) is 2.41. The van der Waals surface area contributed by atoms with Gasteiger partial charge in [0, 0.05) is 25.3 Å². The molecular weight excluding hydrogens is 254 g/mol. The summed E-state index contributed by atoms with van der Waals surface area (Å²) in [6.45, 7) is 4.98. The average molecular weight is 279 g/mol. The normalized spacial score (nSPS) is 10.8. The summed E-state index contributed by atoms with van der Waals surface area (Å²) in [4.78, 5) is 14.4. The summed E-state index contributed by atoms with van der Waals surface area (Å²) in [5, 5.41) is 9.20. The molecule has 112 valence electrons. The first-order valence-electron chi connectivity index (χ1n) is 7.17. The first kappa shape index (κ1) is 16.7. The minimum Gasteiger partial charge on any atom is -0.395 e. The molecule has 0 fully saturated rings. The lowest BCUT2D eigenvalue weighted by Crippen LogP contribution is -2.41. The lowest BCUT2D eigenvalue weighted by molar-refractivity contribution is 0.0622. The SMILES string of the molecule is CCC(CC)N(CCO)C(=O)c1cccc(COC)c1. The Hall–Kier alpha value is -1.39. The lowest BCUT2D eigenvalue weighted by Gasteiger charge is -2.30. The molecule has 1 rings (SSSR count). The second kappa shape index (κ2) is 8.72. The third-order valence-electron chi connectivity index (χ3n) is 3.47. The van der Waals surface area contributed by atoms with E-state index in [-0.39, 0.29) is 18.6 Å². The van der Waals surface area contributed by atoms with E-state index >= 15 is 0 Å². The van der Waals surface area contributed by atoms with Crippen molar-refractivity contribution in [3.05, 3.63) is 35.4 Å². The predicted molar refractivity (Wildman–Crippen MR) is 79.6 cm³/mol. The van der Waals surface area contributed by atoms with Crippen LogP contribution in [-0.4, -0.2) is 42.2 Å². The van der Waals surface area contributed by atoms with E-state index in [9.17, 15) is 9.90 Å². The Kier molecular flexibility index (Phi) is 7.26. The molecule has 0 aromatic heterocycles. The first-order valence-corrected chi connectivity index (χ1v) is 7.17. The Morgan fingerprint density at radius 1 is 1.35 bits per heavy atom. The third-order valence-corrected chi connectivity index (χ3v) is 3.47. The zero-order valence-electron chi connectivity index (χ0n) is 12.6. The van der Waals surface area contributed by atoms with Crippen molar-refractivity contribution in [3.63, 3.8) is 0 Å². The van der Waals surface area contributed by atoms with Crippen molar-refractivity contribution in [1.29, 1.82) is 0 Å². The number of nitrogens with zero attached hydrogens (tertiary/aromatic N) is 1. The van der Waals surface area contributed by atoms with Gasteiger partial charge in [0.25, 0.3) is 5.91 Å². The molecule has 1 N–H and O–H groups in total. The molecule has 4 heteroatoms. The van der Waals surface area contributed by atoms with E-state index in [1.54, 1.807) is 12.0 Å². The molecule has 0 bridgehead atoms. The van der Waals surface area contributed by atoms with Gasteiger partial charge < -0.3 is 14.7 Å². The van der Waals surface area contributed by atoms with Gasteiger partial charge >= 0.3 is 0 Å². The van der Waals surface area contributed by atoms with Gasteiger partial charge in [-0.15, -0.1) is 0 Å². The van der Waals surface area contributed by atoms with Crippen LogP contribution in [0.15, 0.2) is 24.3 Å². The number of carbonyl (C=O) groups is 1. The maximum atomic E-state index is 12.6. The van der Waals surface area contributed by atoms with Crippen LogP contribution in [0.2, 0.25) is 0 Å². The number of benzene rings is 1. The molecule has 0 spiro atoms. The largest absolute Gasteiger partial charge is 0.395 e. The van der Waals surface area contributed by atoms with Crippen molar-refractivity contribution < 1.29 is 14.6 Å². The van der Waals surface area contributed by atoms with Gasteiger partial charge in [-0.3, -0.25) is 4.79 Å². The van der Waals surface area contributed by atoms with Crippen molar-refractivity contribution in [1.82, 2.24) is 4.90 Å². The van der Waals surface area contributed by atoms with E-state index in [1.165, 1.54) is 0 Å². The van der Waals surface area contributed by atoms with Crippen LogP contribution in [-0.2, 0) is 11.3 Å². The van der Waals surface area contributed by atoms with E-state index in [0.29, 0.717) is 18.7 Å². The zero-order chi connectivity index (χ0) is 15.0. The van der Waals surface area contributed by atoms with E-state index in [4.69, 9.17) is 4.74 Å². The number of aliphatic hydroxyl groups excluding tert-OH is 1. The van der Waals surface area contributed by atoms with Gasteiger partial charge in [-0.2, -0.15) is 0 Å². The van der Waals surface area contributed by atoms with Crippen LogP contribution in [0.25, 0.3) is 0 Å². The number of ether oxygens (including phenoxy) is 1. The Morgan fingerprint density at radius 2 is 2.05 bits per heavy atom. The van der Waals surface area contributed by atoms with Crippen LogP contribution < -0.4 is 0 Å². The summed E-state index contributed by atoms with van der Waals surface area (Å²) in [5.41, 5.74) is 1.63. The highest BCUT2D eigenvalue weighted by atomic mass is 16.5. The van der Waals surface area contributed by atoms with Gasteiger partial charge in [0.1, 0.15) is 0 Å². The van der Waals surface area contributed by atoms with Crippen molar-refractivity contribution in [2.45, 2.75) is 39.3 Å². The second-order valence-electron chi connectivity index (χ2n) is 4.83. The summed E-state index contributed by atoms with van der Waals surface area (Å²) in [6.07, 6.45) is 1.78. The summed E-state index contributed by atoms with van der Waals surface area (Å²) in [6, 6.07) is 7.65. The van der Waals surface area contributed by atoms with E-state index in [2.05, 4.69) is 13.8 Å². The summed E-state index contributed by atoms with van der Waals surface area (Å²) < 4.78 is 5.10. The standard InChI is InChI=1S/C16H25NO3/c1-4-15(5-2)17(9-10-18)16(19)14-8-6-7-13(11-14)12-20-3/h6-8,11,15,18H,4-5,9-10,12H2,1-3H3. The number of amides is 1. The van der Waals surface area contributed by atoms with Crippen molar-refractivity contribution in [3.8, 4) is 0 Å². The summed E-state index contributed by atoms with van der Waals surface area (Å²) in [5.74, 6) is -0.0225. The molecule has 1 aromatic carbocycles. The molecule has 0 aliphatic carbocycles. The molecular formula is C16H25NO3. The van der Waals surface area contributed by atoms with Crippen molar-refractivity contribution in [2.24, 2.45) is 0 Å². The lowest BCUT2D eigenvalue weighted by atomic mass is 10.1. The molecule has 0 saturated heterocycles. The fraction of sp³-hybridized carbons (Fsp3) is 0.562. The number of rotatable bonds is 8. The molecule has 0 saturated carbocycles. The average Bonchev–Trinajstić information content (AvgIpc) is 2.47. The van der Waals surface area contributed by atoms with Crippen LogP contribution in [0.4, 0.5) is 0 Å². The fourth-order valence-electron chi connectivity index (χ4n) is 2.41. The van der Waals surface area contributed by atoms with Gasteiger partial charge in [0.15, 0.2) is 0 Å². The molecule has 1 aromatic rings. The number of hydrogen-bond acceptors (Lipinski definition) is 3. The number of carbonyl (C=O) groups excluding carboxylic acids is 1. The molecule has 0 aliphatic rings. The van der Waals surface area contributed by atoms with Crippen LogP contribution in [0.3, 0.4) is 0 Å². The Morgan fingerprint density at radius 3 is 2.60 bits per heavy atom. The molecule has 20 heavy (non-hydrogen) atoms. The highest BCUT2D eigenvalue weighted by Crippen LogP contribution is 2.15. The summed E-state index contributed by atoms with van der Waals surface area (Å²) in [7, 11) is 1.64. The van der Waals surface area contributed by atoms with Gasteiger partial charge in [-0.1, -0.05) is 26.0 Å². The zero-order valence-corrected chi connectivity index (χ0v) is 12.6. The Labute approximate surface area is 121 Å². The Balaban J connectivity index is 2.96. The molecule has 1 amide bonds. The topological polar surface area (TPSA) is 49.8 Å². The predicted octanol–water partition coefficient (Wildman–Crippen LogP) is 2.46. The van der Waals surface area contributed by atoms with Crippen molar-refractivity contribution >= 4 is 5.91 Å². The number of aliphatic hydroxyl groups is 1. The third kappa shape index (κ3) is 4.32. The van der Waals surface area contributed by atoms with Gasteiger partial charge in [-0.25, -0.2) is 0 Å². The van der Waals surface area contributed by atoms with Crippen LogP contribution >= 0.6 is 0 Å². The smallest absolute Gasteiger partial charge is 0.254 e. The van der Waals surface area contributed by atoms with E-state index in [1.807, 2.05) is 24.3 Å². The molecule has 0 aliphatic heterocycles. The van der Waals surface area contributed by atoms with Crippen LogP contribution in [0.5, 0.6) is 0 Å². The number of hydrogen-bond donors (Lipinski definition) is 1. The first-order chi connectivity index (χ1) is 9.67. The van der Waals surface area contributed by atoms with Crippen molar-refractivity contribution in [2.75, 3.05) is 20.3 Å². The maximum absolute atomic E-state index is 12.6. The van der Waals surface area contributed by atoms with E-state index in [0.717, 1.165) is 18.4 Å². The van der Waals surface area contributed by atoms with Crippen LogP contribution in [0.1, 0.15) is 42.6 Å². The molecule has 0 unspecified atom stereocenters. The molecule has 0 atom stereocenters. The minimum absolute atomic E-state index is 0.0139. The molecule has 0 radical (unpaired) electrons. The molecule has 0 heterocycles. The quantitative estimate of drug-likeness (QED) is 0.795. The Bertz CT molecular complexity index is 416. The maximum Gasteiger partial charge on any atom is 0.254 e. The summed E-state index contributed by atoms with van der Waals surface area (Å²) >= 11 is 0. The van der Waals surface area contributed by atoms with Crippen LogP contribution in [0, 0.1) is 0 Å². The second-order valence-corrected chi connectivity index (χ2v) is 4.83.